The summed E-state index contributed by atoms with van der Waals surface area (Å²) in [5.74, 6) is 0.919. The second kappa shape index (κ2) is 11.7. The number of carbonyl (C=O) groups is 2. The number of benzene rings is 1. The SMILES string of the molecule is CCNC(=NCCC(=O)NC(C)C)N1CCN(C(=O)Cc2cccc(Cl)c2)CC1. The molecule has 1 aliphatic rings. The highest BCUT2D eigenvalue weighted by Crippen LogP contribution is 2.13. The number of guanidine groups is 1. The number of nitrogens with one attached hydrogen (secondary N) is 2. The number of rotatable bonds is 7. The number of aliphatic imine (C=N–C) groups is 1. The summed E-state index contributed by atoms with van der Waals surface area (Å²) in [6.45, 7) is 9.83. The number of amides is 2. The molecule has 8 heteroatoms. The van der Waals surface area contributed by atoms with Crippen molar-refractivity contribution in [2.45, 2.75) is 39.7 Å². The summed E-state index contributed by atoms with van der Waals surface area (Å²) in [6, 6.07) is 7.57. The van der Waals surface area contributed by atoms with Crippen molar-refractivity contribution >= 4 is 29.4 Å². The molecule has 1 heterocycles. The first kappa shape index (κ1) is 23.0. The molecule has 2 N–H and O–H groups in total. The Bertz CT molecular complexity index is 715. The highest BCUT2D eigenvalue weighted by molar-refractivity contribution is 6.30. The van der Waals surface area contributed by atoms with Crippen molar-refractivity contribution in [3.8, 4) is 0 Å². The van der Waals surface area contributed by atoms with Crippen LogP contribution in [0.1, 0.15) is 32.8 Å². The van der Waals surface area contributed by atoms with Crippen LogP contribution in [0.3, 0.4) is 0 Å². The second-order valence-corrected chi connectivity index (χ2v) is 7.82. The van der Waals surface area contributed by atoms with Gasteiger partial charge in [0.15, 0.2) is 5.96 Å². The number of halogens is 1. The molecular weight excluding hydrogens is 390 g/mol. The van der Waals surface area contributed by atoms with Gasteiger partial charge < -0.3 is 20.4 Å². The van der Waals surface area contributed by atoms with E-state index in [0.717, 1.165) is 18.1 Å². The molecule has 0 radical (unpaired) electrons. The smallest absolute Gasteiger partial charge is 0.227 e. The average Bonchev–Trinajstić information content (AvgIpc) is 2.67. The fraction of sp³-hybridized carbons (Fsp3) is 0.571. The van der Waals surface area contributed by atoms with Crippen LogP contribution < -0.4 is 10.6 Å². The maximum Gasteiger partial charge on any atom is 0.227 e. The Morgan fingerprint density at radius 2 is 1.86 bits per heavy atom. The first-order valence-corrected chi connectivity index (χ1v) is 10.6. The molecule has 0 aliphatic carbocycles. The van der Waals surface area contributed by atoms with Crippen molar-refractivity contribution in [2.24, 2.45) is 4.99 Å². The zero-order chi connectivity index (χ0) is 21.2. The topological polar surface area (TPSA) is 77.0 Å². The molecule has 0 bridgehead atoms. The summed E-state index contributed by atoms with van der Waals surface area (Å²) in [4.78, 5) is 33.0. The molecule has 29 heavy (non-hydrogen) atoms. The van der Waals surface area contributed by atoms with Gasteiger partial charge in [0.1, 0.15) is 0 Å². The lowest BCUT2D eigenvalue weighted by Crippen LogP contribution is -2.54. The highest BCUT2D eigenvalue weighted by atomic mass is 35.5. The van der Waals surface area contributed by atoms with E-state index in [2.05, 4.69) is 20.5 Å². The van der Waals surface area contributed by atoms with Crippen LogP contribution in [-0.4, -0.2) is 72.9 Å². The summed E-state index contributed by atoms with van der Waals surface area (Å²) < 4.78 is 0. The summed E-state index contributed by atoms with van der Waals surface area (Å²) in [5, 5.41) is 6.81. The molecule has 0 aromatic heterocycles. The van der Waals surface area contributed by atoms with E-state index < -0.39 is 0 Å². The van der Waals surface area contributed by atoms with Gasteiger partial charge in [-0.3, -0.25) is 14.6 Å². The summed E-state index contributed by atoms with van der Waals surface area (Å²) in [5.41, 5.74) is 0.930. The standard InChI is InChI=1S/C21H32ClN5O2/c1-4-23-21(24-9-8-19(28)25-16(2)3)27-12-10-26(11-13-27)20(29)15-17-6-5-7-18(22)14-17/h5-7,14,16H,4,8-13,15H2,1-3H3,(H,23,24)(H,25,28). The van der Waals surface area contributed by atoms with E-state index in [-0.39, 0.29) is 17.9 Å². The molecule has 1 saturated heterocycles. The van der Waals surface area contributed by atoms with Gasteiger partial charge in [-0.1, -0.05) is 23.7 Å². The fourth-order valence-corrected chi connectivity index (χ4v) is 3.40. The highest BCUT2D eigenvalue weighted by Gasteiger charge is 2.23. The molecule has 0 saturated carbocycles. The molecule has 1 fully saturated rings. The van der Waals surface area contributed by atoms with Crippen molar-refractivity contribution < 1.29 is 9.59 Å². The Kier molecular flexibility index (Phi) is 9.25. The van der Waals surface area contributed by atoms with Crippen LogP contribution in [0.25, 0.3) is 0 Å². The van der Waals surface area contributed by atoms with Crippen LogP contribution in [0.4, 0.5) is 0 Å². The molecule has 1 aliphatic heterocycles. The maximum atomic E-state index is 12.6. The molecule has 0 unspecified atom stereocenters. The summed E-state index contributed by atoms with van der Waals surface area (Å²) in [6.07, 6.45) is 0.727. The van der Waals surface area contributed by atoms with E-state index in [1.54, 1.807) is 0 Å². The van der Waals surface area contributed by atoms with Gasteiger partial charge in [0.05, 0.1) is 13.0 Å². The van der Waals surface area contributed by atoms with E-state index in [1.807, 2.05) is 49.9 Å². The lowest BCUT2D eigenvalue weighted by Gasteiger charge is -2.36. The zero-order valence-electron chi connectivity index (χ0n) is 17.6. The normalized spacial score (nSPS) is 14.9. The predicted octanol–water partition coefficient (Wildman–Crippen LogP) is 1.91. The van der Waals surface area contributed by atoms with Crippen molar-refractivity contribution in [1.82, 2.24) is 20.4 Å². The first-order valence-electron chi connectivity index (χ1n) is 10.2. The number of piperazine rings is 1. The minimum Gasteiger partial charge on any atom is -0.357 e. The molecule has 0 spiro atoms. The third-order valence-corrected chi connectivity index (χ3v) is 4.80. The van der Waals surface area contributed by atoms with Crippen LogP contribution in [0, 0.1) is 0 Å². The number of hydrogen-bond donors (Lipinski definition) is 2. The van der Waals surface area contributed by atoms with Crippen LogP contribution in [-0.2, 0) is 16.0 Å². The van der Waals surface area contributed by atoms with Gasteiger partial charge in [-0.2, -0.15) is 0 Å². The lowest BCUT2D eigenvalue weighted by molar-refractivity contribution is -0.131. The van der Waals surface area contributed by atoms with E-state index in [9.17, 15) is 9.59 Å². The van der Waals surface area contributed by atoms with E-state index >= 15 is 0 Å². The Morgan fingerprint density at radius 3 is 2.48 bits per heavy atom. The molecule has 160 valence electrons. The van der Waals surface area contributed by atoms with Gasteiger partial charge in [-0.15, -0.1) is 0 Å². The second-order valence-electron chi connectivity index (χ2n) is 7.38. The minimum atomic E-state index is 0.0102. The van der Waals surface area contributed by atoms with Crippen LogP contribution >= 0.6 is 11.6 Å². The van der Waals surface area contributed by atoms with Crippen molar-refractivity contribution in [1.29, 1.82) is 0 Å². The van der Waals surface area contributed by atoms with Gasteiger partial charge >= 0.3 is 0 Å². The zero-order valence-corrected chi connectivity index (χ0v) is 18.3. The van der Waals surface area contributed by atoms with Crippen LogP contribution in [0.15, 0.2) is 29.3 Å². The number of hydrogen-bond acceptors (Lipinski definition) is 3. The van der Waals surface area contributed by atoms with Gasteiger partial charge in [-0.05, 0) is 38.5 Å². The molecule has 1 aromatic rings. The minimum absolute atomic E-state index is 0.0102. The molecule has 2 amide bonds. The average molecular weight is 422 g/mol. The quantitative estimate of drug-likeness (QED) is 0.520. The van der Waals surface area contributed by atoms with E-state index in [0.29, 0.717) is 50.6 Å². The Labute approximate surface area is 178 Å². The van der Waals surface area contributed by atoms with Crippen LogP contribution in [0.5, 0.6) is 0 Å². The van der Waals surface area contributed by atoms with Crippen molar-refractivity contribution in [3.05, 3.63) is 34.9 Å². The summed E-state index contributed by atoms with van der Waals surface area (Å²) in [7, 11) is 0. The summed E-state index contributed by atoms with van der Waals surface area (Å²) >= 11 is 6.01. The molecule has 2 rings (SSSR count). The predicted molar refractivity (Wildman–Crippen MR) is 117 cm³/mol. The first-order chi connectivity index (χ1) is 13.9. The van der Waals surface area contributed by atoms with E-state index in [1.165, 1.54) is 0 Å². The lowest BCUT2D eigenvalue weighted by atomic mass is 10.1. The molecular formula is C21H32ClN5O2. The largest absolute Gasteiger partial charge is 0.357 e. The van der Waals surface area contributed by atoms with Crippen LogP contribution in [0.2, 0.25) is 5.02 Å². The molecule has 0 atom stereocenters. The van der Waals surface area contributed by atoms with Gasteiger partial charge in [0.25, 0.3) is 0 Å². The van der Waals surface area contributed by atoms with E-state index in [4.69, 9.17) is 11.6 Å². The molecule has 1 aromatic carbocycles. The number of carbonyl (C=O) groups excluding carboxylic acids is 2. The van der Waals surface area contributed by atoms with Crippen molar-refractivity contribution in [3.63, 3.8) is 0 Å². The Morgan fingerprint density at radius 1 is 1.17 bits per heavy atom. The van der Waals surface area contributed by atoms with Gasteiger partial charge in [0.2, 0.25) is 11.8 Å². The fourth-order valence-electron chi connectivity index (χ4n) is 3.18. The monoisotopic (exact) mass is 421 g/mol. The third kappa shape index (κ3) is 7.93. The maximum absolute atomic E-state index is 12.6. The van der Waals surface area contributed by atoms with Gasteiger partial charge in [0, 0.05) is 50.2 Å². The molecule has 7 nitrogen and oxygen atoms in total. The Hall–Kier alpha value is -2.28. The number of nitrogens with zero attached hydrogens (tertiary/aromatic N) is 3. The van der Waals surface area contributed by atoms with Gasteiger partial charge in [-0.25, -0.2) is 0 Å². The Balaban J connectivity index is 1.85. The van der Waals surface area contributed by atoms with Crippen molar-refractivity contribution in [2.75, 3.05) is 39.3 Å². The third-order valence-electron chi connectivity index (χ3n) is 4.56.